The van der Waals surface area contributed by atoms with Gasteiger partial charge in [0, 0.05) is 22.8 Å². The topological polar surface area (TPSA) is 41.1 Å². The Labute approximate surface area is 94.9 Å². The molecule has 15 heavy (non-hydrogen) atoms. The molecule has 1 aromatic heterocycles. The van der Waals surface area contributed by atoms with Crippen LogP contribution in [0.3, 0.4) is 0 Å². The molecule has 2 N–H and O–H groups in total. The van der Waals surface area contributed by atoms with E-state index in [1.807, 2.05) is 13.8 Å². The summed E-state index contributed by atoms with van der Waals surface area (Å²) in [6.45, 7) is 7.33. The summed E-state index contributed by atoms with van der Waals surface area (Å²) in [5, 5.41) is 5.98. The summed E-state index contributed by atoms with van der Waals surface area (Å²) >= 11 is 1.76. The smallest absolute Gasteiger partial charge is 0.236 e. The first-order chi connectivity index (χ1) is 7.13. The van der Waals surface area contributed by atoms with E-state index in [0.717, 1.165) is 6.54 Å². The summed E-state index contributed by atoms with van der Waals surface area (Å²) in [5.74, 6) is 0.0609. The molecule has 0 fully saturated rings. The van der Waals surface area contributed by atoms with E-state index in [1.54, 1.807) is 11.3 Å². The number of carbonyl (C=O) groups excluding carboxylic acids is 1. The van der Waals surface area contributed by atoms with Gasteiger partial charge in [-0.05, 0) is 32.9 Å². The van der Waals surface area contributed by atoms with E-state index in [1.165, 1.54) is 9.75 Å². The Morgan fingerprint density at radius 2 is 2.27 bits per heavy atom. The van der Waals surface area contributed by atoms with Crippen LogP contribution in [-0.4, -0.2) is 18.5 Å². The minimum absolute atomic E-state index is 0.0609. The predicted octanol–water partition coefficient (Wildman–Crippen LogP) is 1.67. The fourth-order valence-corrected chi connectivity index (χ4v) is 2.10. The lowest BCUT2D eigenvalue weighted by molar-refractivity contribution is -0.122. The molecule has 1 unspecified atom stereocenters. The zero-order chi connectivity index (χ0) is 11.3. The number of nitrogens with one attached hydrogen (secondary N) is 2. The van der Waals surface area contributed by atoms with Crippen molar-refractivity contribution in [3.63, 3.8) is 0 Å². The zero-order valence-corrected chi connectivity index (χ0v) is 10.3. The Balaban J connectivity index is 2.33. The van der Waals surface area contributed by atoms with Crippen molar-refractivity contribution in [1.29, 1.82) is 0 Å². The summed E-state index contributed by atoms with van der Waals surface area (Å²) in [5.41, 5.74) is 0. The van der Waals surface area contributed by atoms with Gasteiger partial charge in [0.25, 0.3) is 0 Å². The van der Waals surface area contributed by atoms with Crippen LogP contribution in [0, 0.1) is 6.92 Å². The number of thiophene rings is 1. The molecule has 4 heteroatoms. The maximum absolute atomic E-state index is 11.4. The van der Waals surface area contributed by atoms with Gasteiger partial charge in [0.05, 0.1) is 6.04 Å². The fourth-order valence-electron chi connectivity index (χ4n) is 1.25. The second kappa shape index (κ2) is 5.88. The standard InChI is InChI=1S/C11H18N2OS/c1-4-12-11(14)9(3)13-7-10-6-5-8(2)15-10/h5-6,9,13H,4,7H2,1-3H3,(H,12,14). The van der Waals surface area contributed by atoms with Gasteiger partial charge in [-0.2, -0.15) is 0 Å². The highest BCUT2D eigenvalue weighted by atomic mass is 32.1. The molecule has 1 atom stereocenters. The Morgan fingerprint density at radius 1 is 1.53 bits per heavy atom. The lowest BCUT2D eigenvalue weighted by Crippen LogP contribution is -2.41. The molecule has 0 aliphatic heterocycles. The van der Waals surface area contributed by atoms with Crippen LogP contribution >= 0.6 is 11.3 Å². The van der Waals surface area contributed by atoms with Gasteiger partial charge in [0.15, 0.2) is 0 Å². The van der Waals surface area contributed by atoms with Gasteiger partial charge in [-0.3, -0.25) is 4.79 Å². The number of hydrogen-bond acceptors (Lipinski definition) is 3. The summed E-state index contributed by atoms with van der Waals surface area (Å²) in [6, 6.07) is 4.06. The molecule has 3 nitrogen and oxygen atoms in total. The molecule has 84 valence electrons. The number of likely N-dealkylation sites (N-methyl/N-ethyl adjacent to an activating group) is 1. The van der Waals surface area contributed by atoms with Crippen LogP contribution in [-0.2, 0) is 11.3 Å². The number of hydrogen-bond donors (Lipinski definition) is 2. The van der Waals surface area contributed by atoms with Crippen LogP contribution in [0.5, 0.6) is 0 Å². The maximum Gasteiger partial charge on any atom is 0.236 e. The molecule has 1 rings (SSSR count). The van der Waals surface area contributed by atoms with E-state index in [-0.39, 0.29) is 11.9 Å². The summed E-state index contributed by atoms with van der Waals surface area (Å²) in [4.78, 5) is 14.0. The zero-order valence-electron chi connectivity index (χ0n) is 9.46. The molecule has 0 aliphatic rings. The minimum Gasteiger partial charge on any atom is -0.355 e. The van der Waals surface area contributed by atoms with Crippen molar-refractivity contribution >= 4 is 17.2 Å². The first-order valence-electron chi connectivity index (χ1n) is 5.20. The third kappa shape index (κ3) is 4.01. The molecule has 0 saturated heterocycles. The molecule has 1 heterocycles. The lowest BCUT2D eigenvalue weighted by Gasteiger charge is -2.12. The Kier molecular flexibility index (Phi) is 4.78. The first kappa shape index (κ1) is 12.2. The van der Waals surface area contributed by atoms with E-state index in [0.29, 0.717) is 6.54 Å². The second-order valence-corrected chi connectivity index (χ2v) is 4.88. The highest BCUT2D eigenvalue weighted by molar-refractivity contribution is 7.11. The van der Waals surface area contributed by atoms with Crippen LogP contribution in [0.15, 0.2) is 12.1 Å². The van der Waals surface area contributed by atoms with E-state index < -0.39 is 0 Å². The molecule has 0 bridgehead atoms. The molecule has 1 amide bonds. The Bertz CT molecular complexity index is 322. The van der Waals surface area contributed by atoms with Crippen LogP contribution in [0.25, 0.3) is 0 Å². The highest BCUT2D eigenvalue weighted by Gasteiger charge is 2.10. The number of aryl methyl sites for hydroxylation is 1. The van der Waals surface area contributed by atoms with Crippen LogP contribution in [0.2, 0.25) is 0 Å². The fraction of sp³-hybridized carbons (Fsp3) is 0.545. The van der Waals surface area contributed by atoms with Crippen LogP contribution < -0.4 is 10.6 Å². The predicted molar refractivity (Wildman–Crippen MR) is 64.0 cm³/mol. The molecule has 0 spiro atoms. The van der Waals surface area contributed by atoms with Crippen molar-refractivity contribution < 1.29 is 4.79 Å². The summed E-state index contributed by atoms with van der Waals surface area (Å²) in [6.07, 6.45) is 0. The van der Waals surface area contributed by atoms with Gasteiger partial charge in [0.1, 0.15) is 0 Å². The summed E-state index contributed by atoms with van der Waals surface area (Å²) < 4.78 is 0. The van der Waals surface area contributed by atoms with Gasteiger partial charge < -0.3 is 10.6 Å². The first-order valence-corrected chi connectivity index (χ1v) is 6.01. The molecule has 0 aromatic carbocycles. The number of carbonyl (C=O) groups is 1. The molecular formula is C11H18N2OS. The number of amides is 1. The monoisotopic (exact) mass is 226 g/mol. The SMILES string of the molecule is CCNC(=O)C(C)NCc1ccc(C)s1. The van der Waals surface area contributed by atoms with Crippen LogP contribution in [0.1, 0.15) is 23.6 Å². The van der Waals surface area contributed by atoms with E-state index in [2.05, 4.69) is 29.7 Å². The Hall–Kier alpha value is -0.870. The van der Waals surface area contributed by atoms with E-state index in [4.69, 9.17) is 0 Å². The average Bonchev–Trinajstić information content (AvgIpc) is 2.61. The van der Waals surface area contributed by atoms with Crippen molar-refractivity contribution in [1.82, 2.24) is 10.6 Å². The quantitative estimate of drug-likeness (QED) is 0.802. The van der Waals surface area contributed by atoms with E-state index >= 15 is 0 Å². The van der Waals surface area contributed by atoms with Crippen molar-refractivity contribution in [3.8, 4) is 0 Å². The molecule has 0 aliphatic carbocycles. The molecule has 0 radical (unpaired) electrons. The second-order valence-electron chi connectivity index (χ2n) is 3.51. The van der Waals surface area contributed by atoms with Gasteiger partial charge >= 0.3 is 0 Å². The van der Waals surface area contributed by atoms with Crippen LogP contribution in [0.4, 0.5) is 0 Å². The Morgan fingerprint density at radius 3 is 2.80 bits per heavy atom. The normalized spacial score (nSPS) is 12.5. The van der Waals surface area contributed by atoms with E-state index in [9.17, 15) is 4.79 Å². The van der Waals surface area contributed by atoms with Crippen molar-refractivity contribution in [2.75, 3.05) is 6.54 Å². The van der Waals surface area contributed by atoms with Gasteiger partial charge in [0.2, 0.25) is 5.91 Å². The van der Waals surface area contributed by atoms with Gasteiger partial charge in [-0.15, -0.1) is 11.3 Å². The average molecular weight is 226 g/mol. The van der Waals surface area contributed by atoms with Crippen molar-refractivity contribution in [2.24, 2.45) is 0 Å². The molecular weight excluding hydrogens is 208 g/mol. The lowest BCUT2D eigenvalue weighted by atomic mass is 10.3. The molecule has 0 saturated carbocycles. The van der Waals surface area contributed by atoms with Crippen molar-refractivity contribution in [2.45, 2.75) is 33.4 Å². The maximum atomic E-state index is 11.4. The number of rotatable bonds is 5. The third-order valence-electron chi connectivity index (χ3n) is 2.12. The van der Waals surface area contributed by atoms with Crippen molar-refractivity contribution in [3.05, 3.63) is 21.9 Å². The third-order valence-corrected chi connectivity index (χ3v) is 3.12. The largest absolute Gasteiger partial charge is 0.355 e. The summed E-state index contributed by atoms with van der Waals surface area (Å²) in [7, 11) is 0. The highest BCUT2D eigenvalue weighted by Crippen LogP contribution is 2.14. The molecule has 1 aromatic rings. The minimum atomic E-state index is -0.132. The van der Waals surface area contributed by atoms with Gasteiger partial charge in [-0.1, -0.05) is 0 Å². The van der Waals surface area contributed by atoms with Gasteiger partial charge in [-0.25, -0.2) is 0 Å².